The number of anilines is 1. The highest BCUT2D eigenvalue weighted by Gasteiger charge is 2.46. The highest BCUT2D eigenvalue weighted by Crippen LogP contribution is 2.30. The molecular formula is C18H23N3O4. The SMILES string of the molecule is COC(=O)C[C@H]1C(=O)N[C@@H]2CCCC[C@@H]2N1C(=O)Nc1ccccc1. The van der Waals surface area contributed by atoms with Gasteiger partial charge in [0, 0.05) is 11.7 Å². The standard InChI is InChI=1S/C18H23N3O4/c1-25-16(22)11-15-17(23)20-13-9-5-6-10-14(13)21(15)18(24)19-12-7-3-2-4-8-12/h2-4,7-8,13-15H,5-6,9-11H2,1H3,(H,19,24)(H,20,23)/t13-,14+,15+/m1/s1. The van der Waals surface area contributed by atoms with Gasteiger partial charge in [-0.3, -0.25) is 9.59 Å². The Morgan fingerprint density at radius 3 is 2.68 bits per heavy atom. The van der Waals surface area contributed by atoms with Gasteiger partial charge in [-0.2, -0.15) is 0 Å². The molecule has 1 aliphatic carbocycles. The molecule has 1 aromatic rings. The third-order valence-electron chi connectivity index (χ3n) is 4.90. The number of rotatable bonds is 3. The molecule has 0 aromatic heterocycles. The highest BCUT2D eigenvalue weighted by atomic mass is 16.5. The topological polar surface area (TPSA) is 87.7 Å². The van der Waals surface area contributed by atoms with E-state index in [0.717, 1.165) is 25.7 Å². The van der Waals surface area contributed by atoms with Crippen LogP contribution in [0.15, 0.2) is 30.3 Å². The minimum Gasteiger partial charge on any atom is -0.469 e. The van der Waals surface area contributed by atoms with Crippen molar-refractivity contribution in [1.29, 1.82) is 0 Å². The lowest BCUT2D eigenvalue weighted by atomic mass is 9.85. The van der Waals surface area contributed by atoms with Crippen LogP contribution in [-0.2, 0) is 14.3 Å². The zero-order valence-corrected chi connectivity index (χ0v) is 14.2. The van der Waals surface area contributed by atoms with Gasteiger partial charge in [-0.05, 0) is 25.0 Å². The number of esters is 1. The van der Waals surface area contributed by atoms with Crippen molar-refractivity contribution in [3.05, 3.63) is 30.3 Å². The van der Waals surface area contributed by atoms with E-state index in [1.807, 2.05) is 18.2 Å². The van der Waals surface area contributed by atoms with Crippen LogP contribution in [0.25, 0.3) is 0 Å². The molecule has 134 valence electrons. The number of benzene rings is 1. The molecule has 0 spiro atoms. The first-order valence-corrected chi connectivity index (χ1v) is 8.61. The van der Waals surface area contributed by atoms with E-state index in [1.165, 1.54) is 7.11 Å². The predicted molar refractivity (Wildman–Crippen MR) is 91.9 cm³/mol. The molecule has 7 nitrogen and oxygen atoms in total. The molecule has 0 bridgehead atoms. The van der Waals surface area contributed by atoms with Gasteiger partial charge in [0.05, 0.1) is 19.6 Å². The lowest BCUT2D eigenvalue weighted by molar-refractivity contribution is -0.146. The van der Waals surface area contributed by atoms with E-state index in [4.69, 9.17) is 4.74 Å². The summed E-state index contributed by atoms with van der Waals surface area (Å²) in [7, 11) is 1.28. The van der Waals surface area contributed by atoms with E-state index in [0.29, 0.717) is 5.69 Å². The second-order valence-electron chi connectivity index (χ2n) is 6.47. The van der Waals surface area contributed by atoms with Crippen LogP contribution >= 0.6 is 0 Å². The van der Waals surface area contributed by atoms with Gasteiger partial charge >= 0.3 is 12.0 Å². The summed E-state index contributed by atoms with van der Waals surface area (Å²) < 4.78 is 4.71. The number of carbonyl (C=O) groups excluding carboxylic acids is 3. The molecule has 1 aliphatic heterocycles. The van der Waals surface area contributed by atoms with Crippen molar-refractivity contribution in [2.45, 2.75) is 50.2 Å². The molecule has 25 heavy (non-hydrogen) atoms. The van der Waals surface area contributed by atoms with Crippen LogP contribution < -0.4 is 10.6 Å². The minimum atomic E-state index is -0.851. The lowest BCUT2D eigenvalue weighted by Crippen LogP contribution is -2.68. The first-order chi connectivity index (χ1) is 12.1. The summed E-state index contributed by atoms with van der Waals surface area (Å²) in [5.74, 6) is -0.802. The Hall–Kier alpha value is -2.57. The Labute approximate surface area is 146 Å². The normalized spacial score (nSPS) is 25.6. The minimum absolute atomic E-state index is 0.0586. The average molecular weight is 345 g/mol. The molecule has 0 unspecified atom stereocenters. The zero-order chi connectivity index (χ0) is 17.8. The molecule has 3 atom stereocenters. The van der Waals surface area contributed by atoms with Gasteiger partial charge in [0.2, 0.25) is 5.91 Å². The molecule has 7 heteroatoms. The van der Waals surface area contributed by atoms with Gasteiger partial charge in [-0.1, -0.05) is 31.0 Å². The molecule has 1 saturated carbocycles. The number of urea groups is 1. The molecule has 1 aromatic carbocycles. The molecule has 2 aliphatic rings. The van der Waals surface area contributed by atoms with Gasteiger partial charge in [-0.25, -0.2) is 4.79 Å². The number of hydrogen-bond acceptors (Lipinski definition) is 4. The van der Waals surface area contributed by atoms with Crippen LogP contribution in [0.1, 0.15) is 32.1 Å². The Kier molecular flexibility index (Phi) is 5.21. The quantitative estimate of drug-likeness (QED) is 0.819. The van der Waals surface area contributed by atoms with Gasteiger partial charge in [0.25, 0.3) is 0 Å². The summed E-state index contributed by atoms with van der Waals surface area (Å²) in [5, 5.41) is 5.82. The van der Waals surface area contributed by atoms with Crippen LogP contribution in [-0.4, -0.2) is 48.0 Å². The van der Waals surface area contributed by atoms with Gasteiger partial charge in [-0.15, -0.1) is 0 Å². The zero-order valence-electron chi connectivity index (χ0n) is 14.2. The largest absolute Gasteiger partial charge is 0.469 e. The molecule has 3 rings (SSSR count). The third-order valence-corrected chi connectivity index (χ3v) is 4.90. The van der Waals surface area contributed by atoms with Crippen molar-refractivity contribution in [2.75, 3.05) is 12.4 Å². The maximum absolute atomic E-state index is 12.9. The number of nitrogens with zero attached hydrogens (tertiary/aromatic N) is 1. The smallest absolute Gasteiger partial charge is 0.322 e. The van der Waals surface area contributed by atoms with Crippen LogP contribution in [0, 0.1) is 0 Å². The summed E-state index contributed by atoms with van der Waals surface area (Å²) in [4.78, 5) is 38.8. The van der Waals surface area contributed by atoms with E-state index < -0.39 is 12.0 Å². The van der Waals surface area contributed by atoms with Crippen LogP contribution in [0.3, 0.4) is 0 Å². The first kappa shape index (κ1) is 17.3. The molecular weight excluding hydrogens is 322 g/mol. The fourth-order valence-electron chi connectivity index (χ4n) is 3.68. The highest BCUT2D eigenvalue weighted by molar-refractivity contribution is 5.96. The maximum Gasteiger partial charge on any atom is 0.322 e. The van der Waals surface area contributed by atoms with E-state index in [2.05, 4.69) is 10.6 Å². The third kappa shape index (κ3) is 3.75. The van der Waals surface area contributed by atoms with E-state index in [1.54, 1.807) is 17.0 Å². The first-order valence-electron chi connectivity index (χ1n) is 8.61. The van der Waals surface area contributed by atoms with Crippen molar-refractivity contribution < 1.29 is 19.1 Å². The van der Waals surface area contributed by atoms with E-state index in [9.17, 15) is 14.4 Å². The number of amides is 3. The Bertz CT molecular complexity index is 649. The number of ether oxygens (including phenoxy) is 1. The van der Waals surface area contributed by atoms with Crippen LogP contribution in [0.5, 0.6) is 0 Å². The number of piperazine rings is 1. The van der Waals surface area contributed by atoms with Crippen molar-refractivity contribution >= 4 is 23.6 Å². The van der Waals surface area contributed by atoms with E-state index >= 15 is 0 Å². The predicted octanol–water partition coefficient (Wildman–Crippen LogP) is 1.89. The summed E-state index contributed by atoms with van der Waals surface area (Å²) >= 11 is 0. The number of nitrogens with one attached hydrogen (secondary N) is 2. The number of para-hydroxylation sites is 1. The number of methoxy groups -OCH3 is 1. The molecule has 1 saturated heterocycles. The Morgan fingerprint density at radius 2 is 1.96 bits per heavy atom. The second-order valence-corrected chi connectivity index (χ2v) is 6.47. The van der Waals surface area contributed by atoms with Gasteiger partial charge in [0.15, 0.2) is 0 Å². The number of carbonyl (C=O) groups is 3. The number of fused-ring (bicyclic) bond motifs is 1. The van der Waals surface area contributed by atoms with Crippen molar-refractivity contribution in [2.24, 2.45) is 0 Å². The fourth-order valence-corrected chi connectivity index (χ4v) is 3.68. The van der Waals surface area contributed by atoms with Crippen molar-refractivity contribution in [3.63, 3.8) is 0 Å². The number of hydrogen-bond donors (Lipinski definition) is 2. The van der Waals surface area contributed by atoms with Crippen LogP contribution in [0.2, 0.25) is 0 Å². The van der Waals surface area contributed by atoms with E-state index in [-0.39, 0.29) is 30.4 Å². The average Bonchev–Trinajstić information content (AvgIpc) is 2.62. The Morgan fingerprint density at radius 1 is 1.24 bits per heavy atom. The fraction of sp³-hybridized carbons (Fsp3) is 0.500. The molecule has 2 fully saturated rings. The molecule has 1 heterocycles. The molecule has 0 radical (unpaired) electrons. The summed E-state index contributed by atoms with van der Waals surface area (Å²) in [6.07, 6.45) is 3.53. The summed E-state index contributed by atoms with van der Waals surface area (Å²) in [5.41, 5.74) is 0.655. The molecule has 2 N–H and O–H groups in total. The Balaban J connectivity index is 1.85. The lowest BCUT2D eigenvalue weighted by Gasteiger charge is -2.47. The summed E-state index contributed by atoms with van der Waals surface area (Å²) in [6.45, 7) is 0. The van der Waals surface area contributed by atoms with Gasteiger partial charge in [0.1, 0.15) is 6.04 Å². The second kappa shape index (κ2) is 7.55. The maximum atomic E-state index is 12.9. The van der Waals surface area contributed by atoms with Crippen molar-refractivity contribution in [1.82, 2.24) is 10.2 Å². The van der Waals surface area contributed by atoms with Crippen LogP contribution in [0.4, 0.5) is 10.5 Å². The summed E-state index contributed by atoms with van der Waals surface area (Å²) in [6, 6.07) is 7.72. The van der Waals surface area contributed by atoms with Gasteiger partial charge < -0.3 is 20.3 Å². The molecule has 3 amide bonds. The monoisotopic (exact) mass is 345 g/mol. The van der Waals surface area contributed by atoms with Crippen molar-refractivity contribution in [3.8, 4) is 0 Å².